The maximum atomic E-state index is 3.55. The number of hydrogen-bond acceptors (Lipinski definition) is 0. The number of hydrogen-bond donors (Lipinski definition) is 1. The van der Waals surface area contributed by atoms with Crippen LogP contribution >= 0.6 is 0 Å². The number of nitrogens with one attached hydrogen (secondary N) is 1. The molecule has 0 bridgehead atoms. The van der Waals surface area contributed by atoms with Crippen molar-refractivity contribution >= 4 is 32.6 Å². The molecule has 0 atom stereocenters. The molecule has 120 valence electrons. The Labute approximate surface area is 146 Å². The molecule has 0 unspecified atom stereocenters. The molecular weight excluding hydrogens is 302 g/mol. The van der Waals surface area contributed by atoms with Crippen LogP contribution in [0.3, 0.4) is 0 Å². The molecule has 0 fully saturated rings. The van der Waals surface area contributed by atoms with Gasteiger partial charge in [0.15, 0.2) is 0 Å². The lowest BCUT2D eigenvalue weighted by molar-refractivity contribution is 0.979. The summed E-state index contributed by atoms with van der Waals surface area (Å²) in [6.07, 6.45) is 2.10. The molecule has 1 N–H and O–H groups in total. The van der Waals surface area contributed by atoms with E-state index in [2.05, 4.69) is 89.9 Å². The first-order valence-corrected chi connectivity index (χ1v) is 8.85. The van der Waals surface area contributed by atoms with Crippen molar-refractivity contribution in [1.29, 1.82) is 0 Å². The zero-order chi connectivity index (χ0) is 16.6. The van der Waals surface area contributed by atoms with Gasteiger partial charge in [0.05, 0.1) is 0 Å². The molecule has 0 amide bonds. The number of para-hydroxylation sites is 1. The third-order valence-electron chi connectivity index (χ3n) is 5.16. The molecule has 25 heavy (non-hydrogen) atoms. The standard InChI is InChI=1S/C24H19N/c1-2-11-20-17(7-1)8-5-9-18(20)15-16-19-10-6-14-23-24(19)21-12-3-4-13-22(21)25-23/h1-14,25H,15-16H2. The second-order valence-electron chi connectivity index (χ2n) is 6.65. The molecule has 5 rings (SSSR count). The Balaban J connectivity index is 1.58. The lowest BCUT2D eigenvalue weighted by Crippen LogP contribution is -1.93. The highest BCUT2D eigenvalue weighted by molar-refractivity contribution is 6.08. The highest BCUT2D eigenvalue weighted by Gasteiger charge is 2.09. The number of rotatable bonds is 3. The Morgan fingerprint density at radius 2 is 1.16 bits per heavy atom. The SMILES string of the molecule is c1ccc2c(CCc3cccc4[nH]c5ccccc5c34)cccc2c1. The van der Waals surface area contributed by atoms with E-state index in [9.17, 15) is 0 Å². The molecule has 0 radical (unpaired) electrons. The molecular formula is C24H19N. The van der Waals surface area contributed by atoms with Crippen LogP contribution in [0.15, 0.2) is 84.9 Å². The molecule has 1 aromatic heterocycles. The van der Waals surface area contributed by atoms with E-state index < -0.39 is 0 Å². The predicted octanol–water partition coefficient (Wildman–Crippen LogP) is 6.26. The van der Waals surface area contributed by atoms with Crippen LogP contribution < -0.4 is 0 Å². The Kier molecular flexibility index (Phi) is 3.31. The van der Waals surface area contributed by atoms with E-state index in [1.165, 1.54) is 43.7 Å². The van der Waals surface area contributed by atoms with Gasteiger partial charge in [-0.2, -0.15) is 0 Å². The predicted molar refractivity (Wildman–Crippen MR) is 107 cm³/mol. The summed E-state index contributed by atoms with van der Waals surface area (Å²) in [5, 5.41) is 5.39. The number of fused-ring (bicyclic) bond motifs is 4. The van der Waals surface area contributed by atoms with Crippen molar-refractivity contribution in [2.45, 2.75) is 12.8 Å². The molecule has 0 aliphatic rings. The fraction of sp³-hybridized carbons (Fsp3) is 0.0833. The molecule has 1 heteroatoms. The van der Waals surface area contributed by atoms with E-state index in [0.29, 0.717) is 0 Å². The van der Waals surface area contributed by atoms with E-state index in [4.69, 9.17) is 0 Å². The molecule has 0 saturated heterocycles. The van der Waals surface area contributed by atoms with Gasteiger partial charge in [-0.05, 0) is 46.9 Å². The van der Waals surface area contributed by atoms with Crippen molar-refractivity contribution in [3.8, 4) is 0 Å². The maximum Gasteiger partial charge on any atom is 0.0467 e. The molecule has 0 spiro atoms. The van der Waals surface area contributed by atoms with Crippen LogP contribution in [-0.4, -0.2) is 4.98 Å². The van der Waals surface area contributed by atoms with Crippen LogP contribution in [0.25, 0.3) is 32.6 Å². The van der Waals surface area contributed by atoms with Gasteiger partial charge in [-0.3, -0.25) is 0 Å². The Hall–Kier alpha value is -3.06. The monoisotopic (exact) mass is 321 g/mol. The fourth-order valence-corrected chi connectivity index (χ4v) is 3.97. The third-order valence-corrected chi connectivity index (χ3v) is 5.16. The fourth-order valence-electron chi connectivity index (χ4n) is 3.97. The summed E-state index contributed by atoms with van der Waals surface area (Å²) in [7, 11) is 0. The Morgan fingerprint density at radius 1 is 0.520 bits per heavy atom. The zero-order valence-corrected chi connectivity index (χ0v) is 14.0. The van der Waals surface area contributed by atoms with Gasteiger partial charge in [-0.1, -0.05) is 72.8 Å². The van der Waals surface area contributed by atoms with Crippen molar-refractivity contribution in [3.05, 3.63) is 96.1 Å². The van der Waals surface area contributed by atoms with Crippen molar-refractivity contribution in [2.24, 2.45) is 0 Å². The quantitative estimate of drug-likeness (QED) is 0.404. The molecule has 0 saturated carbocycles. The van der Waals surface area contributed by atoms with E-state index in [-0.39, 0.29) is 0 Å². The maximum absolute atomic E-state index is 3.55. The van der Waals surface area contributed by atoms with E-state index in [0.717, 1.165) is 12.8 Å². The molecule has 0 aliphatic carbocycles. The zero-order valence-electron chi connectivity index (χ0n) is 14.0. The molecule has 1 heterocycles. The summed E-state index contributed by atoms with van der Waals surface area (Å²) in [6.45, 7) is 0. The average Bonchev–Trinajstić information content (AvgIpc) is 3.05. The van der Waals surface area contributed by atoms with Crippen molar-refractivity contribution in [3.63, 3.8) is 0 Å². The largest absolute Gasteiger partial charge is 0.355 e. The second-order valence-corrected chi connectivity index (χ2v) is 6.65. The second kappa shape index (κ2) is 5.78. The minimum atomic E-state index is 1.05. The van der Waals surface area contributed by atoms with Gasteiger partial charge in [0.25, 0.3) is 0 Å². The average molecular weight is 321 g/mol. The molecule has 5 aromatic rings. The molecule has 1 nitrogen and oxygen atoms in total. The van der Waals surface area contributed by atoms with Crippen LogP contribution in [0.1, 0.15) is 11.1 Å². The van der Waals surface area contributed by atoms with E-state index >= 15 is 0 Å². The lowest BCUT2D eigenvalue weighted by Gasteiger charge is -2.08. The number of H-pyrrole nitrogens is 1. The van der Waals surface area contributed by atoms with E-state index in [1.54, 1.807) is 0 Å². The first-order valence-electron chi connectivity index (χ1n) is 8.85. The summed E-state index contributed by atoms with van der Waals surface area (Å²) in [5.41, 5.74) is 5.30. The normalized spacial score (nSPS) is 11.5. The Morgan fingerprint density at radius 3 is 2.12 bits per heavy atom. The molecule has 4 aromatic carbocycles. The van der Waals surface area contributed by atoms with Crippen LogP contribution in [0.5, 0.6) is 0 Å². The minimum absolute atomic E-state index is 1.05. The van der Waals surface area contributed by atoms with Crippen LogP contribution in [0.2, 0.25) is 0 Å². The van der Waals surface area contributed by atoms with Crippen molar-refractivity contribution in [1.82, 2.24) is 4.98 Å². The number of aromatic amines is 1. The highest BCUT2D eigenvalue weighted by atomic mass is 14.7. The summed E-state index contributed by atoms with van der Waals surface area (Å²) in [5.74, 6) is 0. The van der Waals surface area contributed by atoms with Crippen molar-refractivity contribution in [2.75, 3.05) is 0 Å². The smallest absolute Gasteiger partial charge is 0.0467 e. The topological polar surface area (TPSA) is 15.8 Å². The van der Waals surface area contributed by atoms with E-state index in [1.807, 2.05) is 0 Å². The summed E-state index contributed by atoms with van der Waals surface area (Å²) in [4.78, 5) is 3.55. The number of benzene rings is 4. The van der Waals surface area contributed by atoms with Gasteiger partial charge >= 0.3 is 0 Å². The summed E-state index contributed by atoms with van der Waals surface area (Å²) >= 11 is 0. The number of aromatic nitrogens is 1. The first kappa shape index (κ1) is 14.3. The van der Waals surface area contributed by atoms with Crippen LogP contribution in [-0.2, 0) is 12.8 Å². The van der Waals surface area contributed by atoms with Gasteiger partial charge in [-0.15, -0.1) is 0 Å². The number of aryl methyl sites for hydroxylation is 2. The lowest BCUT2D eigenvalue weighted by atomic mass is 9.96. The van der Waals surface area contributed by atoms with Crippen LogP contribution in [0.4, 0.5) is 0 Å². The third kappa shape index (κ3) is 2.40. The van der Waals surface area contributed by atoms with Gasteiger partial charge in [-0.25, -0.2) is 0 Å². The van der Waals surface area contributed by atoms with Crippen LogP contribution in [0, 0.1) is 0 Å². The summed E-state index contributed by atoms with van der Waals surface area (Å²) < 4.78 is 0. The Bertz CT molecular complexity index is 1190. The van der Waals surface area contributed by atoms with Gasteiger partial charge in [0.1, 0.15) is 0 Å². The summed E-state index contributed by atoms with van der Waals surface area (Å²) in [6, 6.07) is 30.5. The first-order chi connectivity index (χ1) is 12.4. The minimum Gasteiger partial charge on any atom is -0.355 e. The van der Waals surface area contributed by atoms with Gasteiger partial charge in [0.2, 0.25) is 0 Å². The van der Waals surface area contributed by atoms with Gasteiger partial charge in [0, 0.05) is 21.8 Å². The molecule has 0 aliphatic heterocycles. The highest BCUT2D eigenvalue weighted by Crippen LogP contribution is 2.29. The van der Waals surface area contributed by atoms with Crippen molar-refractivity contribution < 1.29 is 0 Å². The van der Waals surface area contributed by atoms with Gasteiger partial charge < -0.3 is 4.98 Å².